The number of nitrogens with zero attached hydrogens (tertiary/aromatic N) is 3. The summed E-state index contributed by atoms with van der Waals surface area (Å²) in [5, 5.41) is 6.12. The van der Waals surface area contributed by atoms with Crippen molar-refractivity contribution in [3.05, 3.63) is 163 Å². The third-order valence-electron chi connectivity index (χ3n) is 10.4. The van der Waals surface area contributed by atoms with Gasteiger partial charge in [-0.25, -0.2) is 9.97 Å². The van der Waals surface area contributed by atoms with Gasteiger partial charge in [0, 0.05) is 21.8 Å². The van der Waals surface area contributed by atoms with Crippen molar-refractivity contribution in [3.63, 3.8) is 0 Å². The molecule has 0 amide bonds. The fourth-order valence-corrected chi connectivity index (χ4v) is 8.20. The van der Waals surface area contributed by atoms with Crippen molar-refractivity contribution in [1.82, 2.24) is 14.5 Å². The summed E-state index contributed by atoms with van der Waals surface area (Å²) in [6.07, 6.45) is 2.04. The van der Waals surface area contributed by atoms with E-state index in [1.54, 1.807) is 0 Å². The van der Waals surface area contributed by atoms with Crippen molar-refractivity contribution in [3.8, 4) is 39.3 Å². The molecule has 1 aliphatic rings. The summed E-state index contributed by atoms with van der Waals surface area (Å²) in [4.78, 5) is 10.5. The smallest absolute Gasteiger partial charge is 0.159 e. The van der Waals surface area contributed by atoms with Gasteiger partial charge in [-0.3, -0.25) is 0 Å². The molecule has 0 spiro atoms. The number of fused-ring (bicyclic) bond motifs is 10. The summed E-state index contributed by atoms with van der Waals surface area (Å²) in [7, 11) is 0. The van der Waals surface area contributed by atoms with E-state index in [2.05, 4.69) is 164 Å². The van der Waals surface area contributed by atoms with E-state index in [1.165, 1.54) is 60.3 Å². The first-order valence-electron chi connectivity index (χ1n) is 16.6. The van der Waals surface area contributed by atoms with Crippen LogP contribution < -0.4 is 0 Å². The van der Waals surface area contributed by atoms with Crippen LogP contribution in [0.5, 0.6) is 0 Å². The van der Waals surface area contributed by atoms with Crippen LogP contribution in [-0.4, -0.2) is 14.5 Å². The molecule has 7 aromatic carbocycles. The minimum atomic E-state index is -0.196. The number of hydrogen-bond acceptors (Lipinski definition) is 2. The first-order valence-corrected chi connectivity index (χ1v) is 16.6. The molecular weight excluding hydrogens is 583 g/mol. The Labute approximate surface area is 278 Å². The molecule has 0 saturated carbocycles. The van der Waals surface area contributed by atoms with Crippen LogP contribution in [0.2, 0.25) is 0 Å². The van der Waals surface area contributed by atoms with Gasteiger partial charge in [-0.1, -0.05) is 147 Å². The Balaban J connectivity index is 1.29. The zero-order valence-electron chi connectivity index (χ0n) is 26.8. The second kappa shape index (κ2) is 9.97. The first-order chi connectivity index (χ1) is 23.6. The van der Waals surface area contributed by atoms with Gasteiger partial charge in [0.1, 0.15) is 5.52 Å². The molecule has 1 aliphatic carbocycles. The molecule has 9 aromatic rings. The van der Waals surface area contributed by atoms with E-state index in [-0.39, 0.29) is 5.41 Å². The van der Waals surface area contributed by atoms with Crippen molar-refractivity contribution >= 4 is 43.5 Å². The van der Waals surface area contributed by atoms with Gasteiger partial charge in [0.15, 0.2) is 5.82 Å². The molecule has 48 heavy (non-hydrogen) atoms. The van der Waals surface area contributed by atoms with Gasteiger partial charge in [-0.15, -0.1) is 0 Å². The normalized spacial score (nSPS) is 13.4. The number of aromatic nitrogens is 3. The maximum Gasteiger partial charge on any atom is 0.159 e. The highest BCUT2D eigenvalue weighted by atomic mass is 15.0. The van der Waals surface area contributed by atoms with Crippen molar-refractivity contribution in [2.75, 3.05) is 0 Å². The second-order valence-corrected chi connectivity index (χ2v) is 13.4. The van der Waals surface area contributed by atoms with E-state index >= 15 is 0 Å². The van der Waals surface area contributed by atoms with Crippen LogP contribution in [0.25, 0.3) is 82.8 Å². The van der Waals surface area contributed by atoms with Gasteiger partial charge in [0.25, 0.3) is 0 Å². The summed E-state index contributed by atoms with van der Waals surface area (Å²) < 4.78 is 2.40. The standard InChI is InChI=1S/C45H31N3/c1-45(2)37-19-11-10-17-34(37)36-24-25-38-41(42(36)45)43-40(27-46-44(47-43)30-22-20-29(21-23-30)28-12-4-3-5-13-28)48(38)39-26-31-14-6-7-15-32(31)33-16-8-9-18-35(33)39/h3-27H,1-2H3. The molecule has 0 bridgehead atoms. The third-order valence-corrected chi connectivity index (χ3v) is 10.4. The largest absolute Gasteiger partial charge is 0.306 e. The molecule has 3 heteroatoms. The van der Waals surface area contributed by atoms with Crippen LogP contribution in [0.3, 0.4) is 0 Å². The number of hydrogen-bond donors (Lipinski definition) is 0. The molecule has 226 valence electrons. The summed E-state index contributed by atoms with van der Waals surface area (Å²) in [5.74, 6) is 0.732. The van der Waals surface area contributed by atoms with Crippen LogP contribution in [0.1, 0.15) is 25.0 Å². The Morgan fingerprint density at radius 2 is 1.21 bits per heavy atom. The zero-order valence-corrected chi connectivity index (χ0v) is 26.8. The van der Waals surface area contributed by atoms with Gasteiger partial charge in [-0.2, -0.15) is 0 Å². The Morgan fingerprint density at radius 1 is 0.542 bits per heavy atom. The highest BCUT2D eigenvalue weighted by Gasteiger charge is 2.38. The Morgan fingerprint density at radius 3 is 2.04 bits per heavy atom. The van der Waals surface area contributed by atoms with Gasteiger partial charge in [-0.05, 0) is 61.7 Å². The number of benzene rings is 7. The van der Waals surface area contributed by atoms with Gasteiger partial charge in [0.2, 0.25) is 0 Å². The summed E-state index contributed by atoms with van der Waals surface area (Å²) >= 11 is 0. The number of rotatable bonds is 3. The quantitative estimate of drug-likeness (QED) is 0.186. The lowest BCUT2D eigenvalue weighted by atomic mass is 9.81. The van der Waals surface area contributed by atoms with Crippen molar-refractivity contribution < 1.29 is 0 Å². The van der Waals surface area contributed by atoms with Crippen molar-refractivity contribution in [1.29, 1.82) is 0 Å². The average molecular weight is 614 g/mol. The molecular formula is C45H31N3. The van der Waals surface area contributed by atoms with Crippen LogP contribution in [0.4, 0.5) is 0 Å². The average Bonchev–Trinajstić information content (AvgIpc) is 3.59. The van der Waals surface area contributed by atoms with E-state index in [0.29, 0.717) is 0 Å². The maximum absolute atomic E-state index is 5.44. The fourth-order valence-electron chi connectivity index (χ4n) is 8.20. The summed E-state index contributed by atoms with van der Waals surface area (Å²) in [6.45, 7) is 4.71. The minimum Gasteiger partial charge on any atom is -0.306 e. The van der Waals surface area contributed by atoms with Gasteiger partial charge >= 0.3 is 0 Å². The molecule has 0 aliphatic heterocycles. The summed E-state index contributed by atoms with van der Waals surface area (Å²) in [6, 6.07) is 52.3. The first kappa shape index (κ1) is 27.1. The predicted octanol–water partition coefficient (Wildman–Crippen LogP) is 11.5. The van der Waals surface area contributed by atoms with Crippen LogP contribution >= 0.6 is 0 Å². The molecule has 0 N–H and O–H groups in total. The van der Waals surface area contributed by atoms with Crippen molar-refractivity contribution in [2.45, 2.75) is 19.3 Å². The Bertz CT molecular complexity index is 2730. The third kappa shape index (κ3) is 3.76. The van der Waals surface area contributed by atoms with Crippen LogP contribution in [0, 0.1) is 0 Å². The lowest BCUT2D eigenvalue weighted by Crippen LogP contribution is -2.15. The van der Waals surface area contributed by atoms with Gasteiger partial charge in [0.05, 0.1) is 22.9 Å². The molecule has 2 heterocycles. The zero-order chi connectivity index (χ0) is 32.0. The van der Waals surface area contributed by atoms with E-state index in [9.17, 15) is 0 Å². The topological polar surface area (TPSA) is 30.7 Å². The van der Waals surface area contributed by atoms with E-state index < -0.39 is 0 Å². The predicted molar refractivity (Wildman–Crippen MR) is 200 cm³/mol. The molecule has 0 fully saturated rings. The molecule has 0 radical (unpaired) electrons. The SMILES string of the molecule is CC1(C)c2ccccc2-c2ccc3c(c21)c1nc(-c2ccc(-c4ccccc4)cc2)ncc1n3-c1cc2ccccc2c2ccccc12. The lowest BCUT2D eigenvalue weighted by Gasteiger charge is -2.22. The molecule has 10 rings (SSSR count). The molecule has 0 atom stereocenters. The van der Waals surface area contributed by atoms with Crippen molar-refractivity contribution in [2.24, 2.45) is 0 Å². The second-order valence-electron chi connectivity index (χ2n) is 13.4. The highest BCUT2D eigenvalue weighted by molar-refractivity contribution is 6.16. The Kier molecular flexibility index (Phi) is 5.63. The molecule has 0 unspecified atom stereocenters. The van der Waals surface area contributed by atoms with Crippen LogP contribution in [0.15, 0.2) is 152 Å². The minimum absolute atomic E-state index is 0.196. The van der Waals surface area contributed by atoms with Gasteiger partial charge < -0.3 is 4.57 Å². The van der Waals surface area contributed by atoms with Crippen LogP contribution in [-0.2, 0) is 5.41 Å². The van der Waals surface area contributed by atoms with E-state index in [4.69, 9.17) is 9.97 Å². The lowest BCUT2D eigenvalue weighted by molar-refractivity contribution is 0.666. The Hall–Kier alpha value is -6.06. The maximum atomic E-state index is 5.44. The monoisotopic (exact) mass is 613 g/mol. The fraction of sp³-hybridized carbons (Fsp3) is 0.0667. The molecule has 3 nitrogen and oxygen atoms in total. The van der Waals surface area contributed by atoms with E-state index in [1.807, 2.05) is 6.20 Å². The van der Waals surface area contributed by atoms with E-state index in [0.717, 1.165) is 33.6 Å². The highest BCUT2D eigenvalue weighted by Crippen LogP contribution is 2.53. The summed E-state index contributed by atoms with van der Waals surface area (Å²) in [5.41, 5.74) is 12.8. The molecule has 0 saturated heterocycles. The molecule has 2 aromatic heterocycles.